The summed E-state index contributed by atoms with van der Waals surface area (Å²) < 4.78 is 34.7. The quantitative estimate of drug-likeness (QED) is 0.548. The Labute approximate surface area is 166 Å². The average molecular weight is 386 g/mol. The molecule has 2 aromatic rings. The molecule has 0 fully saturated rings. The number of benzene rings is 2. The predicted octanol–water partition coefficient (Wildman–Crippen LogP) is 2.29. The lowest BCUT2D eigenvalue weighted by molar-refractivity contribution is -0.142. The van der Waals surface area contributed by atoms with E-state index in [1.165, 1.54) is 19.2 Å². The second-order valence-electron chi connectivity index (χ2n) is 6.29. The van der Waals surface area contributed by atoms with E-state index in [1.54, 1.807) is 13.8 Å². The number of hydrogen-bond acceptors (Lipinski definition) is 6. The van der Waals surface area contributed by atoms with E-state index in [1.807, 2.05) is 0 Å². The van der Waals surface area contributed by atoms with E-state index >= 15 is 0 Å². The van der Waals surface area contributed by atoms with Gasteiger partial charge in [0.1, 0.15) is 11.8 Å². The third kappa shape index (κ3) is 4.06. The molecule has 0 saturated carbocycles. The molecule has 1 aliphatic heterocycles. The van der Waals surface area contributed by atoms with E-state index in [0.717, 1.165) is 0 Å². The van der Waals surface area contributed by atoms with Crippen molar-refractivity contribution in [3.8, 4) is 11.5 Å². The molecule has 0 spiro atoms. The number of nitrogen functional groups attached to an aromatic ring is 1. The summed E-state index contributed by atoms with van der Waals surface area (Å²) in [6.07, 6.45) is -0.344. The maximum Gasteiger partial charge on any atom is 0.308 e. The molecule has 1 aliphatic rings. The van der Waals surface area contributed by atoms with Crippen LogP contribution in [0.1, 0.15) is 32.0 Å². The topological polar surface area (TPSA) is 120 Å². The summed E-state index contributed by atoms with van der Waals surface area (Å²) >= 11 is 0. The summed E-state index contributed by atoms with van der Waals surface area (Å²) in [5.74, 6) is -2.00. The van der Waals surface area contributed by atoms with Crippen molar-refractivity contribution in [1.29, 1.82) is 0 Å². The smallest absolute Gasteiger partial charge is 0.308 e. The normalized spacial score (nSPS) is 17.2. The molecule has 28 heavy (non-hydrogen) atoms. The van der Waals surface area contributed by atoms with Crippen molar-refractivity contribution in [2.75, 3.05) is 18.2 Å². The van der Waals surface area contributed by atoms with Crippen molar-refractivity contribution in [3.63, 3.8) is 0 Å². The maximum atomic E-state index is 12.7. The third-order valence-electron chi connectivity index (χ3n) is 4.06. The molecule has 2 aromatic carbocycles. The van der Waals surface area contributed by atoms with Crippen molar-refractivity contribution in [2.45, 2.75) is 26.3 Å². The second kappa shape index (κ2) is 7.59. The number of methoxy groups -OCH3 is 1. The van der Waals surface area contributed by atoms with Crippen LogP contribution in [0.25, 0.3) is 0 Å². The Kier molecular flexibility index (Phi) is 4.20. The average Bonchev–Trinajstić information content (AvgIpc) is 2.84. The number of nitrogens with one attached hydrogen (secondary N) is 2. The molecule has 0 unspecified atom stereocenters. The van der Waals surface area contributed by atoms with Gasteiger partial charge in [0.2, 0.25) is 5.91 Å². The number of carbonyl (C=O) groups excluding carboxylic acids is 3. The van der Waals surface area contributed by atoms with Crippen LogP contribution in [-0.2, 0) is 14.3 Å². The fourth-order valence-electron chi connectivity index (χ4n) is 2.77. The standard InChI is InChI=1S/C20H21N3O5/c1-10-4-11(2)6-12(5-10)28-17-7-13-15(8-14(17)21)22-20(26)16(23-19(13)25)9-18(24)27-3/h4-8,16H,9,21H2,1-3H3,(H,22,26)(H,23,25)/t16-/m0/s1/i4D,5D,6D. The molecule has 3 rings (SSSR count). The van der Waals surface area contributed by atoms with Crippen LogP contribution in [0.15, 0.2) is 30.3 Å². The fraction of sp³-hybridized carbons (Fsp3) is 0.250. The summed E-state index contributed by atoms with van der Waals surface area (Å²) in [6.45, 7) is 3.16. The van der Waals surface area contributed by atoms with Crippen LogP contribution >= 0.6 is 0 Å². The predicted molar refractivity (Wildman–Crippen MR) is 103 cm³/mol. The van der Waals surface area contributed by atoms with Gasteiger partial charge in [-0.1, -0.05) is 6.04 Å². The molecule has 146 valence electrons. The van der Waals surface area contributed by atoms with Crippen LogP contribution in [0.4, 0.5) is 11.4 Å². The number of esters is 1. The molecule has 0 radical (unpaired) electrons. The van der Waals surface area contributed by atoms with Crippen LogP contribution < -0.4 is 21.1 Å². The van der Waals surface area contributed by atoms with Crippen LogP contribution in [-0.4, -0.2) is 30.9 Å². The first kappa shape index (κ1) is 15.5. The number of fused-ring (bicyclic) bond motifs is 1. The highest BCUT2D eigenvalue weighted by Crippen LogP contribution is 2.34. The molecule has 4 N–H and O–H groups in total. The zero-order valence-corrected chi connectivity index (χ0v) is 15.6. The monoisotopic (exact) mass is 386 g/mol. The van der Waals surface area contributed by atoms with Gasteiger partial charge in [-0.25, -0.2) is 0 Å². The molecule has 2 amide bonds. The summed E-state index contributed by atoms with van der Waals surface area (Å²) in [5, 5.41) is 5.01. The van der Waals surface area contributed by atoms with Gasteiger partial charge >= 0.3 is 5.97 Å². The van der Waals surface area contributed by atoms with Crippen LogP contribution in [0.5, 0.6) is 11.5 Å². The number of nitrogens with two attached hydrogens (primary N) is 1. The zero-order chi connectivity index (χ0) is 23.0. The van der Waals surface area contributed by atoms with E-state index in [4.69, 9.17) is 14.6 Å². The molecule has 0 aliphatic carbocycles. The van der Waals surface area contributed by atoms with E-state index in [-0.39, 0.29) is 53.0 Å². The molecule has 0 saturated heterocycles. The molecular weight excluding hydrogens is 362 g/mol. The number of anilines is 2. The molecular formula is C20H21N3O5. The van der Waals surface area contributed by atoms with Gasteiger partial charge in [-0.2, -0.15) is 0 Å². The minimum Gasteiger partial charge on any atom is -0.469 e. The first-order valence-corrected chi connectivity index (χ1v) is 8.42. The third-order valence-corrected chi connectivity index (χ3v) is 4.06. The molecule has 0 bridgehead atoms. The van der Waals surface area contributed by atoms with E-state index in [9.17, 15) is 14.4 Å². The lowest BCUT2D eigenvalue weighted by Crippen LogP contribution is -2.42. The number of amides is 2. The van der Waals surface area contributed by atoms with Crippen molar-refractivity contribution in [1.82, 2.24) is 5.32 Å². The SMILES string of the molecule is [2H]c1c(C)c([2H])c(Oc2cc3c(cc2N)NC(=O)[C@H](CC(=O)OC)NC3=O)c([2H])c1C. The van der Waals surface area contributed by atoms with Crippen molar-refractivity contribution < 1.29 is 28.0 Å². The molecule has 0 aromatic heterocycles. The van der Waals surface area contributed by atoms with Gasteiger partial charge < -0.3 is 25.8 Å². The van der Waals surface area contributed by atoms with Gasteiger partial charge in [-0.05, 0) is 49.2 Å². The van der Waals surface area contributed by atoms with Crippen LogP contribution in [0.3, 0.4) is 0 Å². The highest BCUT2D eigenvalue weighted by molar-refractivity contribution is 6.11. The Bertz CT molecular complexity index is 1090. The van der Waals surface area contributed by atoms with Crippen molar-refractivity contribution in [2.24, 2.45) is 0 Å². The molecule has 1 atom stereocenters. The van der Waals surface area contributed by atoms with Crippen LogP contribution in [0, 0.1) is 13.8 Å². The van der Waals surface area contributed by atoms with Gasteiger partial charge in [0.05, 0.1) is 34.6 Å². The lowest BCUT2D eigenvalue weighted by atomic mass is 10.1. The highest BCUT2D eigenvalue weighted by Gasteiger charge is 2.30. The van der Waals surface area contributed by atoms with Crippen LogP contribution in [0.2, 0.25) is 0 Å². The highest BCUT2D eigenvalue weighted by atomic mass is 16.5. The Hall–Kier alpha value is -3.55. The summed E-state index contributed by atoms with van der Waals surface area (Å²) in [7, 11) is 1.18. The Balaban J connectivity index is 2.00. The van der Waals surface area contributed by atoms with Crippen molar-refractivity contribution in [3.05, 3.63) is 47.0 Å². The van der Waals surface area contributed by atoms with Gasteiger partial charge in [0, 0.05) is 0 Å². The number of hydrogen-bond donors (Lipinski definition) is 3. The molecule has 8 nitrogen and oxygen atoms in total. The van der Waals surface area contributed by atoms with E-state index in [0.29, 0.717) is 11.1 Å². The Morgan fingerprint density at radius 2 is 1.89 bits per heavy atom. The zero-order valence-electron chi connectivity index (χ0n) is 18.6. The Morgan fingerprint density at radius 3 is 2.54 bits per heavy atom. The van der Waals surface area contributed by atoms with Gasteiger partial charge in [0.15, 0.2) is 5.75 Å². The largest absolute Gasteiger partial charge is 0.469 e. The van der Waals surface area contributed by atoms with Crippen molar-refractivity contribution >= 4 is 29.2 Å². The second-order valence-corrected chi connectivity index (χ2v) is 6.29. The minimum atomic E-state index is -1.13. The number of rotatable bonds is 4. The first-order chi connectivity index (χ1) is 14.5. The fourth-order valence-corrected chi connectivity index (χ4v) is 2.77. The van der Waals surface area contributed by atoms with Gasteiger partial charge in [0.25, 0.3) is 5.91 Å². The van der Waals surface area contributed by atoms with Gasteiger partial charge in [-0.15, -0.1) is 0 Å². The first-order valence-electron chi connectivity index (χ1n) is 9.92. The lowest BCUT2D eigenvalue weighted by Gasteiger charge is -2.13. The summed E-state index contributed by atoms with van der Waals surface area (Å²) in [4.78, 5) is 36.6. The molecule has 8 heteroatoms. The summed E-state index contributed by atoms with van der Waals surface area (Å²) in [6, 6.07) is 1.30. The van der Waals surface area contributed by atoms with E-state index in [2.05, 4.69) is 15.4 Å². The number of carbonyl (C=O) groups is 3. The summed E-state index contributed by atoms with van der Waals surface area (Å²) in [5.41, 5.74) is 6.94. The van der Waals surface area contributed by atoms with E-state index < -0.39 is 23.8 Å². The van der Waals surface area contributed by atoms with Gasteiger partial charge in [-0.3, -0.25) is 14.4 Å². The minimum absolute atomic E-state index is 0.00750. The number of ether oxygens (including phenoxy) is 2. The Morgan fingerprint density at radius 1 is 1.21 bits per heavy atom. The maximum absolute atomic E-state index is 12.7. The molecule has 1 heterocycles.